The minimum atomic E-state index is 0.0316. The quantitative estimate of drug-likeness (QED) is 0.312. The molecule has 4 aromatic rings. The van der Waals surface area contributed by atoms with Gasteiger partial charge in [-0.05, 0) is 43.5 Å². The Hall–Kier alpha value is -2.68. The lowest BCUT2D eigenvalue weighted by atomic mass is 10.1. The maximum atomic E-state index is 12.6. The standard InChI is InChI=1S/C24H22ClN5OS2/c1-16-8-2-5-11-20(16)30-22(17-9-3-4-10-18(17)25)27-28-24(30)33-15-21-26-19(14-32-21)23(31)29-12-6-7-13-29/h2-5,8-11,14H,6-7,12-13,15H2,1H3. The summed E-state index contributed by atoms with van der Waals surface area (Å²) in [5.41, 5.74) is 3.48. The number of carbonyl (C=O) groups excluding carboxylic acids is 1. The van der Waals surface area contributed by atoms with Gasteiger partial charge in [0.05, 0.1) is 16.5 Å². The first-order valence-electron chi connectivity index (χ1n) is 10.7. The summed E-state index contributed by atoms with van der Waals surface area (Å²) in [4.78, 5) is 19.1. The molecule has 2 aromatic carbocycles. The summed E-state index contributed by atoms with van der Waals surface area (Å²) >= 11 is 9.55. The number of carbonyl (C=O) groups is 1. The fourth-order valence-corrected chi connectivity index (χ4v) is 5.85. The van der Waals surface area contributed by atoms with E-state index in [1.54, 1.807) is 11.8 Å². The first kappa shape index (κ1) is 22.1. The predicted molar refractivity (Wildman–Crippen MR) is 133 cm³/mol. The molecule has 0 N–H and O–H groups in total. The Morgan fingerprint density at radius 2 is 1.85 bits per heavy atom. The maximum absolute atomic E-state index is 12.6. The molecule has 0 atom stereocenters. The van der Waals surface area contributed by atoms with Crippen LogP contribution in [0.3, 0.4) is 0 Å². The maximum Gasteiger partial charge on any atom is 0.273 e. The van der Waals surface area contributed by atoms with Gasteiger partial charge in [-0.25, -0.2) is 4.98 Å². The third-order valence-corrected chi connectivity index (χ3v) is 7.89. The zero-order chi connectivity index (χ0) is 22.8. The summed E-state index contributed by atoms with van der Waals surface area (Å²) < 4.78 is 2.05. The minimum absolute atomic E-state index is 0.0316. The predicted octanol–water partition coefficient (Wildman–Crippen LogP) is 5.88. The Morgan fingerprint density at radius 1 is 1.09 bits per heavy atom. The summed E-state index contributed by atoms with van der Waals surface area (Å²) in [6, 6.07) is 15.8. The fourth-order valence-electron chi connectivity index (χ4n) is 3.90. The third-order valence-electron chi connectivity index (χ3n) is 5.59. The second-order valence-corrected chi connectivity index (χ2v) is 10.1. The largest absolute Gasteiger partial charge is 0.337 e. The Balaban J connectivity index is 1.44. The van der Waals surface area contributed by atoms with Gasteiger partial charge in [-0.3, -0.25) is 9.36 Å². The van der Waals surface area contributed by atoms with Crippen LogP contribution in [-0.4, -0.2) is 43.6 Å². The molecule has 2 aromatic heterocycles. The van der Waals surface area contributed by atoms with Gasteiger partial charge in [0.2, 0.25) is 0 Å². The minimum Gasteiger partial charge on any atom is -0.337 e. The number of aromatic nitrogens is 4. The van der Waals surface area contributed by atoms with Gasteiger partial charge in [-0.2, -0.15) is 0 Å². The van der Waals surface area contributed by atoms with Crippen LogP contribution in [0, 0.1) is 6.92 Å². The molecule has 1 amide bonds. The molecule has 33 heavy (non-hydrogen) atoms. The van der Waals surface area contributed by atoms with Crippen molar-refractivity contribution in [3.63, 3.8) is 0 Å². The van der Waals surface area contributed by atoms with Crippen molar-refractivity contribution in [1.29, 1.82) is 0 Å². The van der Waals surface area contributed by atoms with E-state index >= 15 is 0 Å². The van der Waals surface area contributed by atoms with Crippen LogP contribution in [0.15, 0.2) is 59.1 Å². The van der Waals surface area contributed by atoms with Gasteiger partial charge in [-0.15, -0.1) is 21.5 Å². The molecular weight excluding hydrogens is 474 g/mol. The van der Waals surface area contributed by atoms with Crippen LogP contribution >= 0.6 is 34.7 Å². The monoisotopic (exact) mass is 495 g/mol. The smallest absolute Gasteiger partial charge is 0.273 e. The number of hydrogen-bond acceptors (Lipinski definition) is 6. The third kappa shape index (κ3) is 4.55. The van der Waals surface area contributed by atoms with Crippen molar-refractivity contribution in [2.24, 2.45) is 0 Å². The van der Waals surface area contributed by atoms with E-state index in [-0.39, 0.29) is 5.91 Å². The number of likely N-dealkylation sites (tertiary alicyclic amines) is 1. The molecule has 6 nitrogen and oxygen atoms in total. The van der Waals surface area contributed by atoms with Gasteiger partial charge in [0.1, 0.15) is 10.7 Å². The number of thiazole rings is 1. The van der Waals surface area contributed by atoms with Gasteiger partial charge in [0.25, 0.3) is 5.91 Å². The van der Waals surface area contributed by atoms with Crippen molar-refractivity contribution in [3.8, 4) is 17.1 Å². The fraction of sp³-hybridized carbons (Fsp3) is 0.250. The number of thioether (sulfide) groups is 1. The molecule has 0 radical (unpaired) electrons. The molecule has 5 rings (SSSR count). The van der Waals surface area contributed by atoms with E-state index in [9.17, 15) is 4.79 Å². The summed E-state index contributed by atoms with van der Waals surface area (Å²) in [5.74, 6) is 1.33. The normalized spacial score (nSPS) is 13.6. The van der Waals surface area contributed by atoms with Crippen molar-refractivity contribution in [1.82, 2.24) is 24.6 Å². The second-order valence-electron chi connectivity index (χ2n) is 7.82. The Labute approximate surface area is 205 Å². The van der Waals surface area contributed by atoms with Crippen LogP contribution in [0.5, 0.6) is 0 Å². The first-order chi connectivity index (χ1) is 16.1. The van der Waals surface area contributed by atoms with Gasteiger partial charge < -0.3 is 4.90 Å². The lowest BCUT2D eigenvalue weighted by Crippen LogP contribution is -2.27. The summed E-state index contributed by atoms with van der Waals surface area (Å²) in [6.07, 6.45) is 2.14. The Morgan fingerprint density at radius 3 is 2.64 bits per heavy atom. The molecule has 1 aliphatic rings. The van der Waals surface area contributed by atoms with Crippen molar-refractivity contribution in [2.45, 2.75) is 30.7 Å². The highest BCUT2D eigenvalue weighted by molar-refractivity contribution is 7.98. The highest BCUT2D eigenvalue weighted by Crippen LogP contribution is 2.34. The Bertz CT molecular complexity index is 1300. The molecule has 0 saturated carbocycles. The zero-order valence-corrected chi connectivity index (χ0v) is 20.5. The van der Waals surface area contributed by atoms with Crippen LogP contribution in [0.4, 0.5) is 0 Å². The van der Waals surface area contributed by atoms with Crippen molar-refractivity contribution < 1.29 is 4.79 Å². The number of nitrogens with zero attached hydrogens (tertiary/aromatic N) is 5. The molecule has 168 valence electrons. The van der Waals surface area contributed by atoms with E-state index < -0.39 is 0 Å². The number of benzene rings is 2. The molecular formula is C24H22ClN5OS2. The average molecular weight is 496 g/mol. The van der Waals surface area contributed by atoms with E-state index in [4.69, 9.17) is 11.6 Å². The van der Waals surface area contributed by atoms with E-state index in [1.165, 1.54) is 11.3 Å². The highest BCUT2D eigenvalue weighted by atomic mass is 35.5. The summed E-state index contributed by atoms with van der Waals surface area (Å²) in [7, 11) is 0. The lowest BCUT2D eigenvalue weighted by molar-refractivity contribution is 0.0787. The first-order valence-corrected chi connectivity index (χ1v) is 13.0. The topological polar surface area (TPSA) is 63.9 Å². The number of hydrogen-bond donors (Lipinski definition) is 0. The van der Waals surface area contributed by atoms with E-state index in [0.29, 0.717) is 22.3 Å². The van der Waals surface area contributed by atoms with Gasteiger partial charge in [0, 0.05) is 24.0 Å². The number of aryl methyl sites for hydroxylation is 1. The molecule has 3 heterocycles. The van der Waals surface area contributed by atoms with Gasteiger partial charge in [-0.1, -0.05) is 53.7 Å². The Kier molecular flexibility index (Phi) is 6.48. The number of rotatable bonds is 6. The van der Waals surface area contributed by atoms with Crippen LogP contribution in [-0.2, 0) is 5.75 Å². The van der Waals surface area contributed by atoms with Crippen molar-refractivity contribution in [2.75, 3.05) is 13.1 Å². The number of halogens is 1. The molecule has 1 aliphatic heterocycles. The van der Waals surface area contributed by atoms with Crippen LogP contribution in [0.25, 0.3) is 17.1 Å². The van der Waals surface area contributed by atoms with Crippen molar-refractivity contribution >= 4 is 40.6 Å². The zero-order valence-electron chi connectivity index (χ0n) is 18.1. The molecule has 0 bridgehead atoms. The van der Waals surface area contributed by atoms with Gasteiger partial charge in [0.15, 0.2) is 11.0 Å². The summed E-state index contributed by atoms with van der Waals surface area (Å²) in [5, 5.41) is 13.1. The van der Waals surface area contributed by atoms with Crippen LogP contribution in [0.2, 0.25) is 5.02 Å². The second kappa shape index (κ2) is 9.67. The average Bonchev–Trinajstić information content (AvgIpc) is 3.59. The van der Waals surface area contributed by atoms with Crippen LogP contribution in [0.1, 0.15) is 33.9 Å². The van der Waals surface area contributed by atoms with E-state index in [0.717, 1.165) is 52.9 Å². The lowest BCUT2D eigenvalue weighted by Gasteiger charge is -2.13. The summed E-state index contributed by atoms with van der Waals surface area (Å²) in [6.45, 7) is 3.72. The SMILES string of the molecule is Cc1ccccc1-n1c(SCc2nc(C(=O)N3CCCC3)cs2)nnc1-c1ccccc1Cl. The molecule has 0 aliphatic carbocycles. The molecule has 0 unspecified atom stereocenters. The van der Waals surface area contributed by atoms with Crippen LogP contribution < -0.4 is 0 Å². The van der Waals surface area contributed by atoms with Crippen molar-refractivity contribution in [3.05, 3.63) is 75.2 Å². The number of amides is 1. The highest BCUT2D eigenvalue weighted by Gasteiger charge is 2.23. The molecule has 9 heteroatoms. The number of para-hydroxylation sites is 1. The molecule has 1 saturated heterocycles. The van der Waals surface area contributed by atoms with Gasteiger partial charge >= 0.3 is 0 Å². The molecule has 1 fully saturated rings. The van der Waals surface area contributed by atoms with E-state index in [1.807, 2.05) is 51.2 Å². The van der Waals surface area contributed by atoms with E-state index in [2.05, 4.69) is 34.2 Å². The molecule has 0 spiro atoms.